The molecule has 0 saturated carbocycles. The summed E-state index contributed by atoms with van der Waals surface area (Å²) in [6.45, 7) is 5.08. The van der Waals surface area contributed by atoms with Crippen LogP contribution in [-0.4, -0.2) is 44.1 Å². The lowest BCUT2D eigenvalue weighted by molar-refractivity contribution is -0.136. The van der Waals surface area contributed by atoms with Gasteiger partial charge < -0.3 is 15.0 Å². The van der Waals surface area contributed by atoms with Gasteiger partial charge in [-0.2, -0.15) is 0 Å². The summed E-state index contributed by atoms with van der Waals surface area (Å²) in [7, 11) is 3.63. The zero-order chi connectivity index (χ0) is 14.4. The quantitative estimate of drug-likeness (QED) is 0.870. The molecule has 0 aliphatic carbocycles. The minimum atomic E-state index is -0.512. The Kier molecular flexibility index (Phi) is 6.12. The number of amides is 1. The second kappa shape index (κ2) is 7.36. The van der Waals surface area contributed by atoms with E-state index in [0.29, 0.717) is 17.3 Å². The van der Waals surface area contributed by atoms with Gasteiger partial charge in [0, 0.05) is 25.2 Å². The first-order valence-corrected chi connectivity index (χ1v) is 6.66. The number of halogens is 1. The van der Waals surface area contributed by atoms with Gasteiger partial charge in [-0.15, -0.1) is 0 Å². The molecule has 0 fully saturated rings. The molecule has 0 aliphatic rings. The van der Waals surface area contributed by atoms with E-state index in [1.165, 1.54) is 0 Å². The van der Waals surface area contributed by atoms with Crippen LogP contribution < -0.4 is 10.1 Å². The second-order valence-electron chi connectivity index (χ2n) is 4.53. The van der Waals surface area contributed by atoms with Crippen LogP contribution in [0.4, 0.5) is 0 Å². The SMILES string of the molecule is CNCCN(C)C(=O)C(C)Oc1ccc(Cl)cc1C. The maximum absolute atomic E-state index is 12.1. The second-order valence-corrected chi connectivity index (χ2v) is 4.97. The number of likely N-dealkylation sites (N-methyl/N-ethyl adjacent to an activating group) is 2. The number of nitrogens with zero attached hydrogens (tertiary/aromatic N) is 1. The highest BCUT2D eigenvalue weighted by atomic mass is 35.5. The van der Waals surface area contributed by atoms with Gasteiger partial charge in [0.25, 0.3) is 5.91 Å². The number of benzene rings is 1. The highest BCUT2D eigenvalue weighted by Gasteiger charge is 2.19. The lowest BCUT2D eigenvalue weighted by Gasteiger charge is -2.22. The number of hydrogen-bond acceptors (Lipinski definition) is 3. The highest BCUT2D eigenvalue weighted by molar-refractivity contribution is 6.30. The van der Waals surface area contributed by atoms with Crippen LogP contribution >= 0.6 is 11.6 Å². The van der Waals surface area contributed by atoms with Crippen molar-refractivity contribution >= 4 is 17.5 Å². The summed E-state index contributed by atoms with van der Waals surface area (Å²) in [6.07, 6.45) is -0.512. The van der Waals surface area contributed by atoms with E-state index < -0.39 is 6.10 Å². The third kappa shape index (κ3) is 4.73. The molecular weight excluding hydrogens is 264 g/mol. The Morgan fingerprint density at radius 2 is 2.21 bits per heavy atom. The summed E-state index contributed by atoms with van der Waals surface area (Å²) in [4.78, 5) is 13.7. The van der Waals surface area contributed by atoms with Crippen LogP contribution in [0.1, 0.15) is 12.5 Å². The number of carbonyl (C=O) groups excluding carboxylic acids is 1. The Labute approximate surface area is 119 Å². The van der Waals surface area contributed by atoms with Gasteiger partial charge in [0.1, 0.15) is 5.75 Å². The number of hydrogen-bond donors (Lipinski definition) is 1. The van der Waals surface area contributed by atoms with Gasteiger partial charge in [0.15, 0.2) is 6.10 Å². The molecule has 0 heterocycles. The molecule has 0 saturated heterocycles. The van der Waals surface area contributed by atoms with E-state index in [0.717, 1.165) is 12.1 Å². The topological polar surface area (TPSA) is 41.6 Å². The molecule has 19 heavy (non-hydrogen) atoms. The summed E-state index contributed by atoms with van der Waals surface area (Å²) in [6, 6.07) is 5.36. The van der Waals surface area contributed by atoms with Gasteiger partial charge in [0.05, 0.1) is 0 Å². The van der Waals surface area contributed by atoms with Crippen molar-refractivity contribution in [2.24, 2.45) is 0 Å². The molecule has 5 heteroatoms. The van der Waals surface area contributed by atoms with Gasteiger partial charge >= 0.3 is 0 Å². The van der Waals surface area contributed by atoms with Crippen LogP contribution in [0, 0.1) is 6.92 Å². The molecule has 0 aliphatic heterocycles. The monoisotopic (exact) mass is 284 g/mol. The normalized spacial score (nSPS) is 12.1. The maximum atomic E-state index is 12.1. The number of rotatable bonds is 6. The van der Waals surface area contributed by atoms with Crippen molar-refractivity contribution in [1.29, 1.82) is 0 Å². The summed E-state index contributed by atoms with van der Waals surface area (Å²) in [5.74, 6) is 0.650. The van der Waals surface area contributed by atoms with Gasteiger partial charge in [-0.05, 0) is 44.7 Å². The van der Waals surface area contributed by atoms with E-state index >= 15 is 0 Å². The summed E-state index contributed by atoms with van der Waals surface area (Å²) < 4.78 is 5.69. The predicted octanol–water partition coefficient (Wildman–Crippen LogP) is 2.09. The summed E-state index contributed by atoms with van der Waals surface area (Å²) >= 11 is 5.89. The van der Waals surface area contributed by atoms with Crippen molar-refractivity contribution < 1.29 is 9.53 Å². The number of carbonyl (C=O) groups is 1. The average molecular weight is 285 g/mol. The van der Waals surface area contributed by atoms with Crippen LogP contribution in [0.25, 0.3) is 0 Å². The standard InChI is InChI=1S/C14H21ClN2O2/c1-10-9-12(15)5-6-13(10)19-11(2)14(18)17(4)8-7-16-3/h5-6,9,11,16H,7-8H2,1-4H3. The van der Waals surface area contributed by atoms with E-state index in [2.05, 4.69) is 5.32 Å². The third-order valence-electron chi connectivity index (χ3n) is 2.86. The molecule has 0 radical (unpaired) electrons. The van der Waals surface area contributed by atoms with Gasteiger partial charge in [-0.25, -0.2) is 0 Å². The Hall–Kier alpha value is -1.26. The van der Waals surface area contributed by atoms with Crippen molar-refractivity contribution in [3.8, 4) is 5.75 Å². The molecule has 1 aromatic carbocycles. The van der Waals surface area contributed by atoms with Crippen LogP contribution in [0.5, 0.6) is 5.75 Å². The van der Waals surface area contributed by atoms with Gasteiger partial charge in [-0.1, -0.05) is 11.6 Å². The molecule has 106 valence electrons. The van der Waals surface area contributed by atoms with Crippen LogP contribution in [0.3, 0.4) is 0 Å². The van der Waals surface area contributed by atoms with Crippen molar-refractivity contribution in [2.45, 2.75) is 20.0 Å². The summed E-state index contributed by atoms with van der Waals surface area (Å²) in [5, 5.41) is 3.67. The molecule has 1 unspecified atom stereocenters. The zero-order valence-corrected chi connectivity index (χ0v) is 12.6. The molecule has 1 rings (SSSR count). The molecule has 0 bridgehead atoms. The summed E-state index contributed by atoms with van der Waals surface area (Å²) in [5.41, 5.74) is 0.921. The molecule has 1 N–H and O–H groups in total. The zero-order valence-electron chi connectivity index (χ0n) is 11.9. The van der Waals surface area contributed by atoms with Crippen molar-refractivity contribution in [3.05, 3.63) is 28.8 Å². The Morgan fingerprint density at radius 1 is 1.53 bits per heavy atom. The fraction of sp³-hybridized carbons (Fsp3) is 0.500. The highest BCUT2D eigenvalue weighted by Crippen LogP contribution is 2.23. The fourth-order valence-corrected chi connectivity index (χ4v) is 1.91. The van der Waals surface area contributed by atoms with E-state index in [9.17, 15) is 4.79 Å². The molecule has 1 amide bonds. The van der Waals surface area contributed by atoms with Crippen LogP contribution in [0.2, 0.25) is 5.02 Å². The average Bonchev–Trinajstić information content (AvgIpc) is 2.38. The van der Waals surface area contributed by atoms with E-state index in [1.54, 1.807) is 31.0 Å². The minimum Gasteiger partial charge on any atom is -0.481 e. The number of aryl methyl sites for hydroxylation is 1. The molecule has 4 nitrogen and oxygen atoms in total. The largest absolute Gasteiger partial charge is 0.481 e. The minimum absolute atomic E-state index is 0.0374. The number of ether oxygens (including phenoxy) is 1. The van der Waals surface area contributed by atoms with Crippen molar-refractivity contribution in [1.82, 2.24) is 10.2 Å². The molecular formula is C14H21ClN2O2. The molecule has 1 aromatic rings. The Balaban J connectivity index is 2.63. The Morgan fingerprint density at radius 3 is 2.79 bits per heavy atom. The first-order valence-electron chi connectivity index (χ1n) is 6.28. The Bertz CT molecular complexity index is 437. The maximum Gasteiger partial charge on any atom is 0.263 e. The predicted molar refractivity (Wildman–Crippen MR) is 77.8 cm³/mol. The van der Waals surface area contributed by atoms with Crippen LogP contribution in [-0.2, 0) is 4.79 Å². The third-order valence-corrected chi connectivity index (χ3v) is 3.10. The first kappa shape index (κ1) is 15.8. The smallest absolute Gasteiger partial charge is 0.263 e. The van der Waals surface area contributed by atoms with E-state index in [4.69, 9.17) is 16.3 Å². The van der Waals surface area contributed by atoms with Gasteiger partial charge in [-0.3, -0.25) is 4.79 Å². The molecule has 0 spiro atoms. The lowest BCUT2D eigenvalue weighted by Crippen LogP contribution is -2.40. The van der Waals surface area contributed by atoms with Crippen molar-refractivity contribution in [3.63, 3.8) is 0 Å². The van der Waals surface area contributed by atoms with E-state index in [-0.39, 0.29) is 5.91 Å². The molecule has 0 aromatic heterocycles. The molecule has 1 atom stereocenters. The van der Waals surface area contributed by atoms with Crippen molar-refractivity contribution in [2.75, 3.05) is 27.2 Å². The van der Waals surface area contributed by atoms with Gasteiger partial charge in [0.2, 0.25) is 0 Å². The van der Waals surface area contributed by atoms with Crippen LogP contribution in [0.15, 0.2) is 18.2 Å². The number of nitrogens with one attached hydrogen (secondary N) is 1. The first-order chi connectivity index (χ1) is 8.95. The van der Waals surface area contributed by atoms with E-state index in [1.807, 2.05) is 20.0 Å². The fourth-order valence-electron chi connectivity index (χ4n) is 1.69. The lowest BCUT2D eigenvalue weighted by atomic mass is 10.2.